The van der Waals surface area contributed by atoms with E-state index in [2.05, 4.69) is 40.5 Å². The number of likely N-dealkylation sites (tertiary alicyclic amines) is 1. The van der Waals surface area contributed by atoms with E-state index >= 15 is 0 Å². The van der Waals surface area contributed by atoms with Gasteiger partial charge in [-0.05, 0) is 49.4 Å². The normalized spacial score (nSPS) is 20.6. The quantitative estimate of drug-likeness (QED) is 0.791. The minimum atomic E-state index is 0.0448. The minimum absolute atomic E-state index is 0.0448. The van der Waals surface area contributed by atoms with E-state index in [4.69, 9.17) is 9.84 Å². The number of para-hydroxylation sites is 1. The van der Waals surface area contributed by atoms with Crippen molar-refractivity contribution in [3.63, 3.8) is 0 Å². The number of hydrogen-bond acceptors (Lipinski definition) is 4. The van der Waals surface area contributed by atoms with Gasteiger partial charge in [-0.2, -0.15) is 0 Å². The minimum Gasteiger partial charge on any atom is -0.491 e. The molecule has 4 rings (SSSR count). The van der Waals surface area contributed by atoms with E-state index in [1.165, 1.54) is 43.4 Å². The first-order chi connectivity index (χ1) is 13.3. The van der Waals surface area contributed by atoms with Crippen LogP contribution in [-0.4, -0.2) is 48.4 Å². The van der Waals surface area contributed by atoms with E-state index in [1.807, 2.05) is 18.2 Å². The highest BCUT2D eigenvalue weighted by atomic mass is 16.5. The summed E-state index contributed by atoms with van der Waals surface area (Å²) >= 11 is 0. The number of fused-ring (bicyclic) bond motifs is 1. The van der Waals surface area contributed by atoms with Crippen LogP contribution in [0.5, 0.6) is 5.75 Å². The Kier molecular flexibility index (Phi) is 6.07. The van der Waals surface area contributed by atoms with Crippen molar-refractivity contribution in [1.82, 2.24) is 10.2 Å². The summed E-state index contributed by atoms with van der Waals surface area (Å²) in [5.74, 6) is 0.873. The van der Waals surface area contributed by atoms with Gasteiger partial charge in [-0.3, -0.25) is 4.90 Å². The van der Waals surface area contributed by atoms with Crippen LogP contribution in [0, 0.1) is 0 Å². The van der Waals surface area contributed by atoms with Gasteiger partial charge in [-0.15, -0.1) is 0 Å². The van der Waals surface area contributed by atoms with Crippen LogP contribution >= 0.6 is 0 Å². The number of benzene rings is 2. The molecule has 0 amide bonds. The van der Waals surface area contributed by atoms with Gasteiger partial charge in [-0.1, -0.05) is 42.5 Å². The van der Waals surface area contributed by atoms with Crippen LogP contribution in [0.1, 0.15) is 29.5 Å². The summed E-state index contributed by atoms with van der Waals surface area (Å²) in [6.45, 7) is 3.54. The zero-order valence-electron chi connectivity index (χ0n) is 15.9. The fraction of sp³-hybridized carbons (Fsp3) is 0.478. The summed E-state index contributed by atoms with van der Waals surface area (Å²) in [6.07, 6.45) is 4.88. The Hall–Kier alpha value is -1.88. The van der Waals surface area contributed by atoms with Crippen molar-refractivity contribution >= 4 is 0 Å². The third-order valence-electron chi connectivity index (χ3n) is 5.90. The lowest BCUT2D eigenvalue weighted by molar-refractivity contribution is 0.139. The van der Waals surface area contributed by atoms with Crippen molar-refractivity contribution in [3.8, 4) is 5.75 Å². The van der Waals surface area contributed by atoms with Crippen LogP contribution in [0.3, 0.4) is 0 Å². The molecule has 1 aliphatic carbocycles. The molecule has 1 fully saturated rings. The van der Waals surface area contributed by atoms with Crippen LogP contribution < -0.4 is 10.1 Å². The highest BCUT2D eigenvalue weighted by Gasteiger charge is 2.30. The predicted molar refractivity (Wildman–Crippen MR) is 108 cm³/mol. The van der Waals surface area contributed by atoms with Gasteiger partial charge >= 0.3 is 0 Å². The molecule has 1 saturated heterocycles. The highest BCUT2D eigenvalue weighted by Crippen LogP contribution is 2.27. The van der Waals surface area contributed by atoms with Crippen molar-refractivity contribution in [3.05, 3.63) is 65.2 Å². The monoisotopic (exact) mass is 366 g/mol. The fourth-order valence-electron chi connectivity index (χ4n) is 4.50. The molecule has 2 aromatic rings. The maximum atomic E-state index is 9.00. The molecule has 2 N–H and O–H groups in total. The molecule has 1 heterocycles. The van der Waals surface area contributed by atoms with Gasteiger partial charge in [0.1, 0.15) is 12.4 Å². The Balaban J connectivity index is 1.32. The van der Waals surface area contributed by atoms with Gasteiger partial charge in [0.15, 0.2) is 0 Å². The Morgan fingerprint density at radius 1 is 1.04 bits per heavy atom. The molecule has 2 aliphatic rings. The third-order valence-corrected chi connectivity index (χ3v) is 5.90. The molecular weight excluding hydrogens is 336 g/mol. The van der Waals surface area contributed by atoms with Gasteiger partial charge < -0.3 is 15.2 Å². The standard InChI is InChI=1S/C23H30N2O2/c26-12-13-27-23-10-4-3-8-20(23)16-24-21-9-5-11-25(17-21)22-14-18-6-1-2-7-19(18)15-22/h1-4,6-8,10,21-22,24,26H,5,9,11-17H2/t21-/m0/s1. The Morgan fingerprint density at radius 3 is 2.56 bits per heavy atom. The molecule has 4 nitrogen and oxygen atoms in total. The first kappa shape index (κ1) is 18.5. The number of nitrogens with zero attached hydrogens (tertiary/aromatic N) is 1. The summed E-state index contributed by atoms with van der Waals surface area (Å²) in [5, 5.41) is 12.7. The van der Waals surface area contributed by atoms with E-state index in [-0.39, 0.29) is 6.61 Å². The fourth-order valence-corrected chi connectivity index (χ4v) is 4.50. The van der Waals surface area contributed by atoms with Gasteiger partial charge in [0.25, 0.3) is 0 Å². The van der Waals surface area contributed by atoms with E-state index in [0.29, 0.717) is 18.7 Å². The van der Waals surface area contributed by atoms with Gasteiger partial charge in [0.05, 0.1) is 6.61 Å². The molecule has 0 saturated carbocycles. The number of hydrogen-bond donors (Lipinski definition) is 2. The SMILES string of the molecule is OCCOc1ccccc1CN[C@H]1CCCN(C2Cc3ccccc3C2)C1. The number of rotatable bonds is 7. The molecule has 1 aliphatic heterocycles. The molecule has 0 unspecified atom stereocenters. The van der Waals surface area contributed by atoms with Gasteiger partial charge in [-0.25, -0.2) is 0 Å². The lowest BCUT2D eigenvalue weighted by Gasteiger charge is -2.37. The van der Waals surface area contributed by atoms with E-state index in [9.17, 15) is 0 Å². The molecule has 2 aromatic carbocycles. The number of aliphatic hydroxyl groups is 1. The van der Waals surface area contributed by atoms with Crippen molar-refractivity contribution in [1.29, 1.82) is 0 Å². The first-order valence-electron chi connectivity index (χ1n) is 10.2. The number of ether oxygens (including phenoxy) is 1. The smallest absolute Gasteiger partial charge is 0.123 e. The van der Waals surface area contributed by atoms with Gasteiger partial charge in [0, 0.05) is 30.7 Å². The second kappa shape index (κ2) is 8.87. The second-order valence-corrected chi connectivity index (χ2v) is 7.73. The topological polar surface area (TPSA) is 44.7 Å². The molecule has 0 bridgehead atoms. The Labute approximate surface area is 162 Å². The summed E-state index contributed by atoms with van der Waals surface area (Å²) in [7, 11) is 0. The molecule has 4 heteroatoms. The summed E-state index contributed by atoms with van der Waals surface area (Å²) < 4.78 is 5.66. The van der Waals surface area contributed by atoms with Crippen LogP contribution in [0.2, 0.25) is 0 Å². The number of aliphatic hydroxyl groups excluding tert-OH is 1. The van der Waals surface area contributed by atoms with E-state index < -0.39 is 0 Å². The largest absolute Gasteiger partial charge is 0.491 e. The molecular formula is C23H30N2O2. The molecule has 27 heavy (non-hydrogen) atoms. The lowest BCUT2D eigenvalue weighted by Crippen LogP contribution is -2.49. The lowest BCUT2D eigenvalue weighted by atomic mass is 10.0. The van der Waals surface area contributed by atoms with Crippen molar-refractivity contribution < 1.29 is 9.84 Å². The Morgan fingerprint density at radius 2 is 1.78 bits per heavy atom. The average Bonchev–Trinajstić information content (AvgIpc) is 3.16. The maximum absolute atomic E-state index is 9.00. The van der Waals surface area contributed by atoms with Crippen LogP contribution in [0.25, 0.3) is 0 Å². The zero-order chi connectivity index (χ0) is 18.5. The highest BCUT2D eigenvalue weighted by molar-refractivity contribution is 5.34. The van der Waals surface area contributed by atoms with E-state index in [0.717, 1.165) is 24.4 Å². The van der Waals surface area contributed by atoms with Crippen molar-refractivity contribution in [2.75, 3.05) is 26.3 Å². The molecule has 1 atom stereocenters. The molecule has 144 valence electrons. The molecule has 0 radical (unpaired) electrons. The van der Waals surface area contributed by atoms with Gasteiger partial charge in [0.2, 0.25) is 0 Å². The maximum Gasteiger partial charge on any atom is 0.123 e. The Bertz CT molecular complexity index is 724. The van der Waals surface area contributed by atoms with Crippen molar-refractivity contribution in [2.24, 2.45) is 0 Å². The molecule has 0 spiro atoms. The van der Waals surface area contributed by atoms with Crippen LogP contribution in [-0.2, 0) is 19.4 Å². The summed E-state index contributed by atoms with van der Waals surface area (Å²) in [6, 6.07) is 18.2. The van der Waals surface area contributed by atoms with E-state index in [1.54, 1.807) is 0 Å². The summed E-state index contributed by atoms with van der Waals surface area (Å²) in [5.41, 5.74) is 4.23. The average molecular weight is 367 g/mol. The predicted octanol–water partition coefficient (Wildman–Crippen LogP) is 2.78. The number of nitrogens with one attached hydrogen (secondary N) is 1. The number of piperidine rings is 1. The third kappa shape index (κ3) is 4.52. The van der Waals surface area contributed by atoms with Crippen LogP contribution in [0.4, 0.5) is 0 Å². The second-order valence-electron chi connectivity index (χ2n) is 7.73. The van der Waals surface area contributed by atoms with Crippen molar-refractivity contribution in [2.45, 2.75) is 44.3 Å². The van der Waals surface area contributed by atoms with Crippen LogP contribution in [0.15, 0.2) is 48.5 Å². The first-order valence-corrected chi connectivity index (χ1v) is 10.2. The molecule has 0 aromatic heterocycles. The summed E-state index contributed by atoms with van der Waals surface area (Å²) in [4.78, 5) is 2.69. The zero-order valence-corrected chi connectivity index (χ0v) is 15.9.